The van der Waals surface area contributed by atoms with Crippen molar-refractivity contribution < 1.29 is 24.2 Å². The normalized spacial score (nSPS) is 11.9. The molecule has 0 saturated carbocycles. The summed E-state index contributed by atoms with van der Waals surface area (Å²) in [6.07, 6.45) is -0.901. The van der Waals surface area contributed by atoms with Crippen molar-refractivity contribution in [3.63, 3.8) is 0 Å². The molecule has 0 aromatic heterocycles. The monoisotopic (exact) mass is 444 g/mol. The second-order valence-corrected chi connectivity index (χ2v) is 7.70. The van der Waals surface area contributed by atoms with Crippen LogP contribution in [0.3, 0.4) is 0 Å². The topological polar surface area (TPSA) is 95.9 Å². The van der Waals surface area contributed by atoms with Crippen molar-refractivity contribution in [2.24, 2.45) is 0 Å². The number of carboxylic acids is 1. The Kier molecular flexibility index (Phi) is 6.69. The molecule has 0 heterocycles. The first-order chi connectivity index (χ1) is 16.0. The molecular formula is C26H24N2O5. The molecule has 3 aromatic rings. The number of amides is 2. The first-order valence-electron chi connectivity index (χ1n) is 10.7. The largest absolute Gasteiger partial charge is 0.481 e. The molecule has 2 amide bonds. The molecule has 0 unspecified atom stereocenters. The van der Waals surface area contributed by atoms with Crippen molar-refractivity contribution >= 4 is 23.7 Å². The van der Waals surface area contributed by atoms with Crippen LogP contribution in [-0.2, 0) is 14.3 Å². The van der Waals surface area contributed by atoms with E-state index in [1.165, 1.54) is 4.90 Å². The van der Waals surface area contributed by atoms with Crippen molar-refractivity contribution in [3.05, 3.63) is 90.0 Å². The smallest absolute Gasteiger partial charge is 0.407 e. The minimum absolute atomic E-state index is 0.00451. The number of alkyl carbamates (subject to hydrolysis) is 1. The van der Waals surface area contributed by atoms with Crippen LogP contribution in [-0.4, -0.2) is 42.8 Å². The molecule has 4 rings (SSSR count). The standard InChI is InChI=1S/C26H24N2O5/c29-24(28(15-14-25(30)31)18-8-2-1-3-9-18)16-27-26(32)33-17-23-21-12-6-4-10-19(21)20-11-5-7-13-22(20)23/h1-13,23H,14-17H2,(H,27,32)(H,30,31). The van der Waals surface area contributed by atoms with Gasteiger partial charge in [0.25, 0.3) is 0 Å². The molecule has 7 nitrogen and oxygen atoms in total. The number of carboxylic acid groups (broad SMARTS) is 1. The van der Waals surface area contributed by atoms with E-state index in [4.69, 9.17) is 9.84 Å². The van der Waals surface area contributed by atoms with E-state index in [1.807, 2.05) is 36.4 Å². The number of ether oxygens (including phenoxy) is 1. The van der Waals surface area contributed by atoms with E-state index in [9.17, 15) is 14.4 Å². The average Bonchev–Trinajstić information content (AvgIpc) is 3.16. The summed E-state index contributed by atoms with van der Waals surface area (Å²) in [4.78, 5) is 37.4. The van der Waals surface area contributed by atoms with E-state index >= 15 is 0 Å². The molecule has 0 saturated heterocycles. The number of hydrogen-bond acceptors (Lipinski definition) is 4. The summed E-state index contributed by atoms with van der Waals surface area (Å²) >= 11 is 0. The number of nitrogens with one attached hydrogen (secondary N) is 1. The Morgan fingerprint density at radius 2 is 1.42 bits per heavy atom. The number of hydrogen-bond donors (Lipinski definition) is 2. The highest BCUT2D eigenvalue weighted by molar-refractivity contribution is 5.96. The van der Waals surface area contributed by atoms with Crippen LogP contribution in [0.5, 0.6) is 0 Å². The van der Waals surface area contributed by atoms with Gasteiger partial charge in [0.05, 0.1) is 6.42 Å². The molecule has 1 aliphatic carbocycles. The first kappa shape index (κ1) is 22.1. The Bertz CT molecular complexity index is 1120. The second-order valence-electron chi connectivity index (χ2n) is 7.70. The third-order valence-electron chi connectivity index (χ3n) is 5.65. The predicted octanol–water partition coefficient (Wildman–Crippen LogP) is 4.03. The lowest BCUT2D eigenvalue weighted by molar-refractivity contribution is -0.136. The minimum atomic E-state index is -1.01. The van der Waals surface area contributed by atoms with Crippen molar-refractivity contribution in [1.82, 2.24) is 5.32 Å². The molecule has 33 heavy (non-hydrogen) atoms. The fourth-order valence-electron chi connectivity index (χ4n) is 4.11. The summed E-state index contributed by atoms with van der Waals surface area (Å²) in [5.74, 6) is -1.50. The summed E-state index contributed by atoms with van der Waals surface area (Å²) < 4.78 is 5.46. The van der Waals surface area contributed by atoms with Crippen LogP contribution in [0.4, 0.5) is 10.5 Å². The Morgan fingerprint density at radius 1 is 0.848 bits per heavy atom. The van der Waals surface area contributed by atoms with E-state index in [0.29, 0.717) is 5.69 Å². The Labute approximate surface area is 191 Å². The minimum Gasteiger partial charge on any atom is -0.481 e. The molecular weight excluding hydrogens is 420 g/mol. The Balaban J connectivity index is 1.36. The van der Waals surface area contributed by atoms with Gasteiger partial charge in [0.15, 0.2) is 0 Å². The average molecular weight is 444 g/mol. The molecule has 3 aromatic carbocycles. The van der Waals surface area contributed by atoms with Gasteiger partial charge in [-0.15, -0.1) is 0 Å². The highest BCUT2D eigenvalue weighted by Crippen LogP contribution is 2.44. The molecule has 0 radical (unpaired) electrons. The zero-order chi connectivity index (χ0) is 23.2. The van der Waals surface area contributed by atoms with E-state index < -0.39 is 18.0 Å². The maximum Gasteiger partial charge on any atom is 0.407 e. The number of aliphatic carboxylic acids is 1. The number of carbonyl (C=O) groups excluding carboxylic acids is 2. The summed E-state index contributed by atoms with van der Waals surface area (Å²) in [5, 5.41) is 11.5. The fraction of sp³-hybridized carbons (Fsp3) is 0.192. The highest BCUT2D eigenvalue weighted by atomic mass is 16.5. The van der Waals surface area contributed by atoms with Gasteiger partial charge in [0.2, 0.25) is 5.91 Å². The summed E-state index contributed by atoms with van der Waals surface area (Å²) in [5.41, 5.74) is 5.04. The molecule has 0 spiro atoms. The number of benzene rings is 3. The number of fused-ring (bicyclic) bond motifs is 3. The lowest BCUT2D eigenvalue weighted by Gasteiger charge is -2.22. The van der Waals surface area contributed by atoms with Crippen molar-refractivity contribution in [1.29, 1.82) is 0 Å². The Hall–Kier alpha value is -4.13. The predicted molar refractivity (Wildman–Crippen MR) is 124 cm³/mol. The Morgan fingerprint density at radius 3 is 2.03 bits per heavy atom. The van der Waals surface area contributed by atoms with Gasteiger partial charge in [0, 0.05) is 18.2 Å². The summed E-state index contributed by atoms with van der Waals surface area (Å²) in [7, 11) is 0. The van der Waals surface area contributed by atoms with Crippen LogP contribution in [0.2, 0.25) is 0 Å². The van der Waals surface area contributed by atoms with Crippen LogP contribution in [0.15, 0.2) is 78.9 Å². The maximum absolute atomic E-state index is 12.7. The van der Waals surface area contributed by atoms with Gasteiger partial charge in [-0.05, 0) is 34.4 Å². The lowest BCUT2D eigenvalue weighted by Crippen LogP contribution is -2.41. The second kappa shape index (κ2) is 9.99. The molecule has 0 fully saturated rings. The van der Waals surface area contributed by atoms with E-state index in [2.05, 4.69) is 17.4 Å². The van der Waals surface area contributed by atoms with Crippen molar-refractivity contribution in [2.45, 2.75) is 12.3 Å². The van der Waals surface area contributed by atoms with Crippen LogP contribution in [0.1, 0.15) is 23.5 Å². The quantitative estimate of drug-likeness (QED) is 0.547. The van der Waals surface area contributed by atoms with Crippen LogP contribution >= 0.6 is 0 Å². The van der Waals surface area contributed by atoms with E-state index in [0.717, 1.165) is 22.3 Å². The van der Waals surface area contributed by atoms with Gasteiger partial charge in [-0.3, -0.25) is 9.59 Å². The fourth-order valence-corrected chi connectivity index (χ4v) is 4.11. The number of para-hydroxylation sites is 1. The van der Waals surface area contributed by atoms with Gasteiger partial charge in [-0.1, -0.05) is 66.7 Å². The van der Waals surface area contributed by atoms with Gasteiger partial charge in [-0.2, -0.15) is 0 Å². The molecule has 0 bridgehead atoms. The SMILES string of the molecule is O=C(O)CCN(C(=O)CNC(=O)OCC1c2ccccc2-c2ccccc21)c1ccccc1. The molecule has 1 aliphatic rings. The number of carbonyl (C=O) groups is 3. The van der Waals surface area contributed by atoms with Crippen LogP contribution < -0.4 is 10.2 Å². The first-order valence-corrected chi connectivity index (χ1v) is 10.7. The van der Waals surface area contributed by atoms with Crippen molar-refractivity contribution in [2.75, 3.05) is 24.6 Å². The van der Waals surface area contributed by atoms with Crippen LogP contribution in [0, 0.1) is 0 Å². The third kappa shape index (κ3) is 5.03. The number of nitrogens with zero attached hydrogens (tertiary/aromatic N) is 1. The summed E-state index contributed by atoms with van der Waals surface area (Å²) in [6, 6.07) is 24.8. The molecule has 168 valence electrons. The van der Waals surface area contributed by atoms with Gasteiger partial charge in [-0.25, -0.2) is 4.79 Å². The highest BCUT2D eigenvalue weighted by Gasteiger charge is 2.29. The zero-order valence-corrected chi connectivity index (χ0v) is 17.9. The lowest BCUT2D eigenvalue weighted by atomic mass is 9.98. The molecule has 0 aliphatic heterocycles. The van der Waals surface area contributed by atoms with Gasteiger partial charge in [0.1, 0.15) is 13.2 Å². The number of rotatable bonds is 8. The van der Waals surface area contributed by atoms with Gasteiger partial charge < -0.3 is 20.1 Å². The zero-order valence-electron chi connectivity index (χ0n) is 17.9. The third-order valence-corrected chi connectivity index (χ3v) is 5.65. The van der Waals surface area contributed by atoms with Crippen molar-refractivity contribution in [3.8, 4) is 11.1 Å². The van der Waals surface area contributed by atoms with E-state index in [-0.39, 0.29) is 32.0 Å². The summed E-state index contributed by atoms with van der Waals surface area (Å²) in [6.45, 7) is -0.148. The van der Waals surface area contributed by atoms with Gasteiger partial charge >= 0.3 is 12.1 Å². The maximum atomic E-state index is 12.7. The van der Waals surface area contributed by atoms with E-state index in [1.54, 1.807) is 30.3 Å². The number of anilines is 1. The molecule has 2 N–H and O–H groups in total. The molecule has 0 atom stereocenters. The molecule has 7 heteroatoms. The van der Waals surface area contributed by atoms with Crippen LogP contribution in [0.25, 0.3) is 11.1 Å².